The number of rotatable bonds is 1. The Kier molecular flexibility index (Phi) is 2.59. The van der Waals surface area contributed by atoms with Crippen LogP contribution in [0.1, 0.15) is 36.1 Å². The summed E-state index contributed by atoms with van der Waals surface area (Å²) in [5.74, 6) is -2.50. The van der Waals surface area contributed by atoms with Gasteiger partial charge in [0.05, 0.1) is 5.54 Å². The number of hydrogen-bond donors (Lipinski definition) is 1. The van der Waals surface area contributed by atoms with E-state index in [0.29, 0.717) is 12.8 Å². The molecule has 1 aromatic heterocycles. The molecule has 84 valence electrons. The number of thiophene rings is 1. The SMILES string of the molecule is Cc1csc(C2(N)CCC(F)(F)CC2)c1. The molecular formula is C11H15F2NS. The molecule has 1 heterocycles. The van der Waals surface area contributed by atoms with E-state index in [9.17, 15) is 8.78 Å². The second-order valence-electron chi connectivity index (χ2n) is 4.50. The van der Waals surface area contributed by atoms with Gasteiger partial charge in [0.1, 0.15) is 0 Å². The lowest BCUT2D eigenvalue weighted by molar-refractivity contribution is -0.0509. The van der Waals surface area contributed by atoms with Crippen LogP contribution >= 0.6 is 11.3 Å². The molecule has 0 bridgehead atoms. The molecule has 0 aromatic carbocycles. The van der Waals surface area contributed by atoms with Crippen LogP contribution in [-0.2, 0) is 5.54 Å². The fourth-order valence-electron chi connectivity index (χ4n) is 2.00. The molecule has 0 spiro atoms. The van der Waals surface area contributed by atoms with Gasteiger partial charge in [-0.3, -0.25) is 0 Å². The van der Waals surface area contributed by atoms with Crippen molar-refractivity contribution in [3.8, 4) is 0 Å². The minimum absolute atomic E-state index is 0.0829. The summed E-state index contributed by atoms with van der Waals surface area (Å²) in [5, 5.41) is 2.02. The molecule has 1 fully saturated rings. The van der Waals surface area contributed by atoms with Gasteiger partial charge in [-0.1, -0.05) is 0 Å². The van der Waals surface area contributed by atoms with Crippen molar-refractivity contribution in [2.45, 2.75) is 44.1 Å². The molecule has 0 radical (unpaired) electrons. The molecule has 2 N–H and O–H groups in total. The first-order valence-corrected chi connectivity index (χ1v) is 6.02. The first-order valence-electron chi connectivity index (χ1n) is 5.14. The van der Waals surface area contributed by atoms with Gasteiger partial charge >= 0.3 is 0 Å². The summed E-state index contributed by atoms with van der Waals surface area (Å²) in [7, 11) is 0. The third kappa shape index (κ3) is 2.21. The fourth-order valence-corrected chi connectivity index (χ4v) is 3.07. The van der Waals surface area contributed by atoms with Crippen LogP contribution in [0, 0.1) is 6.92 Å². The van der Waals surface area contributed by atoms with Crippen molar-refractivity contribution in [3.05, 3.63) is 21.9 Å². The molecule has 0 atom stereocenters. The van der Waals surface area contributed by atoms with Gasteiger partial charge in [-0.05, 0) is 36.8 Å². The Balaban J connectivity index is 2.16. The minimum Gasteiger partial charge on any atom is -0.321 e. The zero-order valence-corrected chi connectivity index (χ0v) is 9.54. The van der Waals surface area contributed by atoms with Crippen LogP contribution < -0.4 is 5.73 Å². The van der Waals surface area contributed by atoms with Crippen LogP contribution in [0.5, 0.6) is 0 Å². The lowest BCUT2D eigenvalue weighted by Gasteiger charge is -2.36. The van der Waals surface area contributed by atoms with Crippen LogP contribution in [0.2, 0.25) is 0 Å². The summed E-state index contributed by atoms with van der Waals surface area (Å²) in [6, 6.07) is 2.02. The van der Waals surface area contributed by atoms with Gasteiger partial charge in [-0.2, -0.15) is 0 Å². The van der Waals surface area contributed by atoms with Crippen LogP contribution in [0.3, 0.4) is 0 Å². The summed E-state index contributed by atoms with van der Waals surface area (Å²) in [4.78, 5) is 1.05. The van der Waals surface area contributed by atoms with Crippen molar-refractivity contribution in [3.63, 3.8) is 0 Å². The summed E-state index contributed by atoms with van der Waals surface area (Å²) in [6.45, 7) is 2.00. The molecule has 1 saturated carbocycles. The van der Waals surface area contributed by atoms with E-state index in [0.717, 1.165) is 10.4 Å². The van der Waals surface area contributed by atoms with Gasteiger partial charge in [-0.15, -0.1) is 11.3 Å². The highest BCUT2D eigenvalue weighted by molar-refractivity contribution is 7.10. The Morgan fingerprint density at radius 2 is 1.87 bits per heavy atom. The van der Waals surface area contributed by atoms with Crippen LogP contribution in [-0.4, -0.2) is 5.92 Å². The largest absolute Gasteiger partial charge is 0.321 e. The van der Waals surface area contributed by atoms with Gasteiger partial charge in [0.2, 0.25) is 5.92 Å². The molecular weight excluding hydrogens is 216 g/mol. The van der Waals surface area contributed by atoms with Crippen LogP contribution in [0.4, 0.5) is 8.78 Å². The van der Waals surface area contributed by atoms with Crippen molar-refractivity contribution in [2.24, 2.45) is 5.73 Å². The van der Waals surface area contributed by atoms with Gasteiger partial charge in [-0.25, -0.2) is 8.78 Å². The van der Waals surface area contributed by atoms with E-state index in [-0.39, 0.29) is 12.8 Å². The zero-order valence-electron chi connectivity index (χ0n) is 8.72. The minimum atomic E-state index is -2.50. The maximum absolute atomic E-state index is 13.0. The molecule has 2 rings (SSSR count). The number of aryl methyl sites for hydroxylation is 1. The van der Waals surface area contributed by atoms with Gasteiger partial charge in [0, 0.05) is 17.7 Å². The highest BCUT2D eigenvalue weighted by Gasteiger charge is 2.42. The molecule has 1 aliphatic carbocycles. The Morgan fingerprint density at radius 3 is 2.33 bits per heavy atom. The number of hydrogen-bond acceptors (Lipinski definition) is 2. The topological polar surface area (TPSA) is 26.0 Å². The maximum Gasteiger partial charge on any atom is 0.248 e. The van der Waals surface area contributed by atoms with Crippen molar-refractivity contribution in [1.82, 2.24) is 0 Å². The number of nitrogens with two attached hydrogens (primary N) is 1. The van der Waals surface area contributed by atoms with Crippen molar-refractivity contribution in [2.75, 3.05) is 0 Å². The monoisotopic (exact) mass is 231 g/mol. The summed E-state index contributed by atoms with van der Waals surface area (Å²) < 4.78 is 26.0. The molecule has 1 nitrogen and oxygen atoms in total. The third-order valence-corrected chi connectivity index (χ3v) is 4.36. The molecule has 0 unspecified atom stereocenters. The normalized spacial score (nSPS) is 24.0. The smallest absolute Gasteiger partial charge is 0.248 e. The average Bonchev–Trinajstić information content (AvgIpc) is 2.59. The van der Waals surface area contributed by atoms with Crippen LogP contribution in [0.15, 0.2) is 11.4 Å². The molecule has 0 aliphatic heterocycles. The predicted molar refractivity (Wildman–Crippen MR) is 58.3 cm³/mol. The van der Waals surface area contributed by atoms with E-state index < -0.39 is 11.5 Å². The van der Waals surface area contributed by atoms with Gasteiger partial charge in [0.25, 0.3) is 0 Å². The molecule has 15 heavy (non-hydrogen) atoms. The lowest BCUT2D eigenvalue weighted by atomic mass is 9.79. The standard InChI is InChI=1S/C11H15F2NS/c1-8-6-9(15-7-8)10(14)2-4-11(12,13)5-3-10/h6-7H,2-5,14H2,1H3. The average molecular weight is 231 g/mol. The van der Waals surface area contributed by atoms with E-state index >= 15 is 0 Å². The second kappa shape index (κ2) is 3.52. The fraction of sp³-hybridized carbons (Fsp3) is 0.636. The van der Waals surface area contributed by atoms with E-state index in [2.05, 4.69) is 0 Å². The maximum atomic E-state index is 13.0. The Labute approximate surface area is 92.3 Å². The molecule has 0 saturated heterocycles. The summed E-state index contributed by atoms with van der Waals surface area (Å²) in [6.07, 6.45) is 0.612. The first-order chi connectivity index (χ1) is 6.91. The Bertz CT molecular complexity index is 349. The van der Waals surface area contributed by atoms with Crippen molar-refractivity contribution >= 4 is 11.3 Å². The van der Waals surface area contributed by atoms with Crippen LogP contribution in [0.25, 0.3) is 0 Å². The van der Waals surface area contributed by atoms with Crippen molar-refractivity contribution in [1.29, 1.82) is 0 Å². The summed E-state index contributed by atoms with van der Waals surface area (Å²) in [5.41, 5.74) is 6.84. The Morgan fingerprint density at radius 1 is 1.27 bits per heavy atom. The van der Waals surface area contributed by atoms with E-state index in [1.54, 1.807) is 11.3 Å². The molecule has 1 aromatic rings. The number of alkyl halides is 2. The molecule has 4 heteroatoms. The predicted octanol–water partition coefficient (Wildman–Crippen LogP) is 3.42. The Hall–Kier alpha value is -0.480. The number of halogens is 2. The quantitative estimate of drug-likeness (QED) is 0.787. The first kappa shape index (κ1) is 11.0. The summed E-state index contributed by atoms with van der Waals surface area (Å²) >= 11 is 1.59. The van der Waals surface area contributed by atoms with Crippen molar-refractivity contribution < 1.29 is 8.78 Å². The van der Waals surface area contributed by atoms with Gasteiger partial charge < -0.3 is 5.73 Å². The second-order valence-corrected chi connectivity index (χ2v) is 5.41. The highest BCUT2D eigenvalue weighted by Crippen LogP contribution is 2.43. The molecule has 1 aliphatic rings. The highest BCUT2D eigenvalue weighted by atomic mass is 32.1. The van der Waals surface area contributed by atoms with E-state index in [1.807, 2.05) is 18.4 Å². The molecule has 0 amide bonds. The lowest BCUT2D eigenvalue weighted by Crippen LogP contribution is -2.42. The third-order valence-electron chi connectivity index (χ3n) is 3.10. The van der Waals surface area contributed by atoms with Gasteiger partial charge in [0.15, 0.2) is 0 Å². The van der Waals surface area contributed by atoms with E-state index in [4.69, 9.17) is 5.73 Å². The van der Waals surface area contributed by atoms with E-state index in [1.165, 1.54) is 0 Å². The zero-order chi connectivity index (χ0) is 11.1.